The fourth-order valence-electron chi connectivity index (χ4n) is 1.67. The van der Waals surface area contributed by atoms with Gasteiger partial charge < -0.3 is 15.5 Å². The van der Waals surface area contributed by atoms with Crippen molar-refractivity contribution in [2.45, 2.75) is 25.3 Å². The Labute approximate surface area is 102 Å². The van der Waals surface area contributed by atoms with Gasteiger partial charge in [0.05, 0.1) is 6.04 Å². The fourth-order valence-corrected chi connectivity index (χ4v) is 1.67. The van der Waals surface area contributed by atoms with Crippen LogP contribution in [-0.4, -0.2) is 49.9 Å². The molecule has 1 heterocycles. The van der Waals surface area contributed by atoms with Gasteiger partial charge in [-0.25, -0.2) is 0 Å². The summed E-state index contributed by atoms with van der Waals surface area (Å²) in [6.45, 7) is 1.40. The summed E-state index contributed by atoms with van der Waals surface area (Å²) in [5.41, 5.74) is 0. The predicted octanol–water partition coefficient (Wildman–Crippen LogP) is -0.245. The number of hydrogen-bond donors (Lipinski definition) is 2. The van der Waals surface area contributed by atoms with Crippen LogP contribution < -0.4 is 10.6 Å². The number of nitrogens with zero attached hydrogens (tertiary/aromatic N) is 1. The van der Waals surface area contributed by atoms with E-state index >= 15 is 0 Å². The molecule has 2 N–H and O–H groups in total. The van der Waals surface area contributed by atoms with E-state index in [0.29, 0.717) is 13.0 Å². The van der Waals surface area contributed by atoms with Crippen molar-refractivity contribution < 1.29 is 9.59 Å². The zero-order valence-electron chi connectivity index (χ0n) is 9.78. The van der Waals surface area contributed by atoms with Crippen molar-refractivity contribution in [2.24, 2.45) is 0 Å². The van der Waals surface area contributed by atoms with E-state index in [1.54, 1.807) is 19.0 Å². The van der Waals surface area contributed by atoms with E-state index in [-0.39, 0.29) is 30.3 Å². The number of carbonyl (C=O) groups is 2. The van der Waals surface area contributed by atoms with Gasteiger partial charge >= 0.3 is 0 Å². The lowest BCUT2D eigenvalue weighted by molar-refractivity contribution is -0.132. The molecule has 0 aromatic rings. The molecular formula is C10H20ClN3O2. The first-order chi connectivity index (χ1) is 7.15. The Bertz CT molecular complexity index is 242. The van der Waals surface area contributed by atoms with Gasteiger partial charge in [0.1, 0.15) is 0 Å². The molecule has 0 aliphatic carbocycles. The minimum absolute atomic E-state index is 0. The van der Waals surface area contributed by atoms with Gasteiger partial charge in [-0.15, -0.1) is 12.4 Å². The van der Waals surface area contributed by atoms with Crippen LogP contribution in [0.4, 0.5) is 0 Å². The van der Waals surface area contributed by atoms with E-state index in [2.05, 4.69) is 10.6 Å². The SMILES string of the molecule is CNC(=O)CCN(C)C(=O)C1CCCN1.Cl. The molecule has 1 saturated heterocycles. The molecule has 1 fully saturated rings. The summed E-state index contributed by atoms with van der Waals surface area (Å²) in [6, 6.07) is -0.0420. The molecule has 0 saturated carbocycles. The van der Waals surface area contributed by atoms with Crippen LogP contribution in [0.5, 0.6) is 0 Å². The summed E-state index contributed by atoms with van der Waals surface area (Å²) in [7, 11) is 3.34. The van der Waals surface area contributed by atoms with Gasteiger partial charge in [-0.05, 0) is 19.4 Å². The molecule has 0 spiro atoms. The Hall–Kier alpha value is -0.810. The van der Waals surface area contributed by atoms with Crippen molar-refractivity contribution in [3.63, 3.8) is 0 Å². The van der Waals surface area contributed by atoms with Crippen LogP contribution in [-0.2, 0) is 9.59 Å². The summed E-state index contributed by atoms with van der Waals surface area (Å²) in [4.78, 5) is 24.4. The third kappa shape index (κ3) is 4.37. The molecule has 0 aromatic carbocycles. The van der Waals surface area contributed by atoms with Crippen molar-refractivity contribution in [1.82, 2.24) is 15.5 Å². The Balaban J connectivity index is 0.00000225. The first-order valence-corrected chi connectivity index (χ1v) is 5.34. The minimum atomic E-state index is -0.0420. The summed E-state index contributed by atoms with van der Waals surface area (Å²) < 4.78 is 0. The molecule has 2 amide bonds. The molecule has 1 aliphatic heterocycles. The second-order valence-corrected chi connectivity index (χ2v) is 3.83. The van der Waals surface area contributed by atoms with E-state index in [0.717, 1.165) is 19.4 Å². The molecule has 6 heteroatoms. The molecule has 1 aliphatic rings. The van der Waals surface area contributed by atoms with Gasteiger partial charge in [0.15, 0.2) is 0 Å². The highest BCUT2D eigenvalue weighted by atomic mass is 35.5. The molecule has 5 nitrogen and oxygen atoms in total. The second-order valence-electron chi connectivity index (χ2n) is 3.83. The zero-order chi connectivity index (χ0) is 11.3. The van der Waals surface area contributed by atoms with Crippen LogP contribution in [0, 0.1) is 0 Å². The molecule has 0 radical (unpaired) electrons. The first-order valence-electron chi connectivity index (χ1n) is 5.34. The van der Waals surface area contributed by atoms with Crippen LogP contribution in [0.2, 0.25) is 0 Å². The van der Waals surface area contributed by atoms with Gasteiger partial charge in [0.25, 0.3) is 0 Å². The van der Waals surface area contributed by atoms with E-state index in [4.69, 9.17) is 0 Å². The van der Waals surface area contributed by atoms with Crippen LogP contribution >= 0.6 is 12.4 Å². The molecule has 0 aromatic heterocycles. The van der Waals surface area contributed by atoms with Crippen molar-refractivity contribution in [2.75, 3.05) is 27.2 Å². The van der Waals surface area contributed by atoms with Crippen LogP contribution in [0.1, 0.15) is 19.3 Å². The highest BCUT2D eigenvalue weighted by molar-refractivity contribution is 5.85. The molecule has 16 heavy (non-hydrogen) atoms. The van der Waals surface area contributed by atoms with E-state index in [1.165, 1.54) is 0 Å². The second kappa shape index (κ2) is 7.46. The Morgan fingerprint density at radius 3 is 2.69 bits per heavy atom. The Kier molecular flexibility index (Phi) is 7.08. The maximum Gasteiger partial charge on any atom is 0.239 e. The molecule has 1 rings (SSSR count). The Morgan fingerprint density at radius 1 is 1.50 bits per heavy atom. The lowest BCUT2D eigenvalue weighted by atomic mass is 10.2. The molecule has 1 unspecified atom stereocenters. The summed E-state index contributed by atoms with van der Waals surface area (Å²) in [5, 5.41) is 5.68. The van der Waals surface area contributed by atoms with E-state index in [1.807, 2.05) is 0 Å². The van der Waals surface area contributed by atoms with E-state index in [9.17, 15) is 9.59 Å². The average Bonchev–Trinajstić information content (AvgIpc) is 2.77. The standard InChI is InChI=1S/C10H19N3O2.ClH/c1-11-9(14)5-7-13(2)10(15)8-4-3-6-12-8;/h8,12H,3-7H2,1-2H3,(H,11,14);1H. The van der Waals surface area contributed by atoms with Gasteiger partial charge in [0, 0.05) is 27.1 Å². The molecule has 0 bridgehead atoms. The number of halogens is 1. The largest absolute Gasteiger partial charge is 0.359 e. The number of rotatable bonds is 4. The fraction of sp³-hybridized carbons (Fsp3) is 0.800. The predicted molar refractivity (Wildman–Crippen MR) is 64.6 cm³/mol. The lowest BCUT2D eigenvalue weighted by Gasteiger charge is -2.20. The van der Waals surface area contributed by atoms with Gasteiger partial charge in [0.2, 0.25) is 11.8 Å². The maximum absolute atomic E-state index is 11.8. The number of carbonyl (C=O) groups excluding carboxylic acids is 2. The number of hydrogen-bond acceptors (Lipinski definition) is 3. The first kappa shape index (κ1) is 15.2. The van der Waals surface area contributed by atoms with Crippen molar-refractivity contribution in [3.8, 4) is 0 Å². The number of amides is 2. The highest BCUT2D eigenvalue weighted by Gasteiger charge is 2.24. The lowest BCUT2D eigenvalue weighted by Crippen LogP contribution is -2.42. The van der Waals surface area contributed by atoms with Crippen molar-refractivity contribution in [3.05, 3.63) is 0 Å². The maximum atomic E-state index is 11.8. The van der Waals surface area contributed by atoms with Crippen molar-refractivity contribution >= 4 is 24.2 Å². The average molecular weight is 250 g/mol. The summed E-state index contributed by atoms with van der Waals surface area (Å²) in [5.74, 6) is 0.0606. The summed E-state index contributed by atoms with van der Waals surface area (Å²) >= 11 is 0. The van der Waals surface area contributed by atoms with Gasteiger partial charge in [-0.2, -0.15) is 0 Å². The third-order valence-corrected chi connectivity index (χ3v) is 2.69. The Morgan fingerprint density at radius 2 is 2.19 bits per heavy atom. The normalized spacial score (nSPS) is 18.8. The quantitative estimate of drug-likeness (QED) is 0.723. The highest BCUT2D eigenvalue weighted by Crippen LogP contribution is 2.07. The smallest absolute Gasteiger partial charge is 0.239 e. The van der Waals surface area contributed by atoms with E-state index < -0.39 is 0 Å². The molecule has 94 valence electrons. The molecule has 1 atom stereocenters. The van der Waals surface area contributed by atoms with Crippen LogP contribution in [0.25, 0.3) is 0 Å². The monoisotopic (exact) mass is 249 g/mol. The van der Waals surface area contributed by atoms with Crippen LogP contribution in [0.3, 0.4) is 0 Å². The number of nitrogens with one attached hydrogen (secondary N) is 2. The minimum Gasteiger partial charge on any atom is -0.359 e. The molecular weight excluding hydrogens is 230 g/mol. The third-order valence-electron chi connectivity index (χ3n) is 2.69. The van der Waals surface area contributed by atoms with Crippen molar-refractivity contribution in [1.29, 1.82) is 0 Å². The topological polar surface area (TPSA) is 61.4 Å². The number of likely N-dealkylation sites (N-methyl/N-ethyl adjacent to an activating group) is 1. The van der Waals surface area contributed by atoms with Gasteiger partial charge in [-0.1, -0.05) is 0 Å². The summed E-state index contributed by atoms with van der Waals surface area (Å²) in [6.07, 6.45) is 2.33. The van der Waals surface area contributed by atoms with Gasteiger partial charge in [-0.3, -0.25) is 9.59 Å². The van der Waals surface area contributed by atoms with Crippen LogP contribution in [0.15, 0.2) is 0 Å². The zero-order valence-corrected chi connectivity index (χ0v) is 10.6.